The van der Waals surface area contributed by atoms with Gasteiger partial charge in [0.2, 0.25) is 0 Å². The van der Waals surface area contributed by atoms with Gasteiger partial charge in [-0.25, -0.2) is 0 Å². The lowest BCUT2D eigenvalue weighted by atomic mass is 10.1. The molecule has 18 heavy (non-hydrogen) atoms. The van der Waals surface area contributed by atoms with Crippen LogP contribution in [0.3, 0.4) is 0 Å². The lowest BCUT2D eigenvalue weighted by molar-refractivity contribution is 0.0952. The van der Waals surface area contributed by atoms with Crippen LogP contribution in [-0.2, 0) is 0 Å². The summed E-state index contributed by atoms with van der Waals surface area (Å²) in [6.07, 6.45) is 1.59. The Balaban J connectivity index is 2.38. The van der Waals surface area contributed by atoms with Crippen molar-refractivity contribution in [2.24, 2.45) is 5.11 Å². The van der Waals surface area contributed by atoms with E-state index < -0.39 is 0 Å². The van der Waals surface area contributed by atoms with Crippen LogP contribution in [0.15, 0.2) is 27.8 Å². The van der Waals surface area contributed by atoms with E-state index >= 15 is 0 Å². The Labute approximate surface area is 114 Å². The van der Waals surface area contributed by atoms with Crippen LogP contribution in [-0.4, -0.2) is 19.0 Å². The number of halogens is 1. The summed E-state index contributed by atoms with van der Waals surface area (Å²) in [4.78, 5) is 14.5. The average Bonchev–Trinajstić information content (AvgIpc) is 2.33. The first kappa shape index (κ1) is 14.5. The number of benzene rings is 1. The summed E-state index contributed by atoms with van der Waals surface area (Å²) >= 11 is 3.36. The van der Waals surface area contributed by atoms with E-state index in [4.69, 9.17) is 5.53 Å². The fraction of sp³-hybridized carbons (Fsp3) is 0.417. The maximum Gasteiger partial charge on any atom is 0.251 e. The Morgan fingerprint density at radius 1 is 1.50 bits per heavy atom. The maximum atomic E-state index is 11.9. The van der Waals surface area contributed by atoms with Crippen LogP contribution in [0.1, 0.15) is 28.8 Å². The molecule has 0 aliphatic rings. The normalized spacial score (nSPS) is 9.67. The summed E-state index contributed by atoms with van der Waals surface area (Å²) in [5, 5.41) is 6.28. The number of amides is 1. The topological polar surface area (TPSA) is 77.9 Å². The number of nitrogens with one attached hydrogen (secondary N) is 1. The van der Waals surface area contributed by atoms with Gasteiger partial charge in [-0.2, -0.15) is 0 Å². The van der Waals surface area contributed by atoms with Crippen LogP contribution in [0.2, 0.25) is 0 Å². The number of azide groups is 1. The van der Waals surface area contributed by atoms with Gasteiger partial charge < -0.3 is 5.32 Å². The molecule has 1 N–H and O–H groups in total. The first-order valence-electron chi connectivity index (χ1n) is 5.70. The average molecular weight is 311 g/mol. The SMILES string of the molecule is Cc1cc(Br)ccc1C(=O)NCCCCN=[N+]=[N-]. The minimum atomic E-state index is -0.0659. The smallest absolute Gasteiger partial charge is 0.251 e. The quantitative estimate of drug-likeness (QED) is 0.370. The van der Waals surface area contributed by atoms with Gasteiger partial charge in [-0.1, -0.05) is 21.0 Å². The number of rotatable bonds is 6. The van der Waals surface area contributed by atoms with Crippen LogP contribution in [0.4, 0.5) is 0 Å². The Morgan fingerprint density at radius 3 is 2.94 bits per heavy atom. The van der Waals surface area contributed by atoms with Crippen molar-refractivity contribution in [3.8, 4) is 0 Å². The monoisotopic (exact) mass is 310 g/mol. The zero-order valence-electron chi connectivity index (χ0n) is 10.2. The number of hydrogen-bond donors (Lipinski definition) is 1. The van der Waals surface area contributed by atoms with Crippen molar-refractivity contribution >= 4 is 21.8 Å². The fourth-order valence-corrected chi connectivity index (χ4v) is 2.01. The second-order valence-corrected chi connectivity index (χ2v) is 4.79. The molecule has 0 fully saturated rings. The Morgan fingerprint density at radius 2 is 2.28 bits per heavy atom. The molecule has 0 saturated carbocycles. The fourth-order valence-electron chi connectivity index (χ4n) is 1.53. The Kier molecular flexibility index (Phi) is 6.25. The zero-order chi connectivity index (χ0) is 13.4. The molecule has 96 valence electrons. The van der Waals surface area contributed by atoms with Gasteiger partial charge in [0, 0.05) is 28.0 Å². The summed E-state index contributed by atoms with van der Waals surface area (Å²) in [6.45, 7) is 2.97. The van der Waals surface area contributed by atoms with E-state index in [0.29, 0.717) is 18.7 Å². The van der Waals surface area contributed by atoms with E-state index in [0.717, 1.165) is 22.9 Å². The highest BCUT2D eigenvalue weighted by molar-refractivity contribution is 9.10. The number of carbonyl (C=O) groups is 1. The van der Waals surface area contributed by atoms with Gasteiger partial charge in [0.15, 0.2) is 0 Å². The van der Waals surface area contributed by atoms with Crippen molar-refractivity contribution in [1.82, 2.24) is 5.32 Å². The van der Waals surface area contributed by atoms with E-state index in [-0.39, 0.29) is 5.91 Å². The van der Waals surface area contributed by atoms with Gasteiger partial charge in [0.1, 0.15) is 0 Å². The summed E-state index contributed by atoms with van der Waals surface area (Å²) in [6, 6.07) is 5.56. The summed E-state index contributed by atoms with van der Waals surface area (Å²) in [5.74, 6) is -0.0659. The molecule has 0 heterocycles. The van der Waals surface area contributed by atoms with Crippen LogP contribution in [0.25, 0.3) is 10.4 Å². The first-order valence-corrected chi connectivity index (χ1v) is 6.49. The molecule has 1 aromatic rings. The van der Waals surface area contributed by atoms with Crippen LogP contribution in [0, 0.1) is 6.92 Å². The molecule has 0 aliphatic heterocycles. The highest BCUT2D eigenvalue weighted by Gasteiger charge is 2.07. The van der Waals surface area contributed by atoms with Gasteiger partial charge in [-0.3, -0.25) is 4.79 Å². The van der Waals surface area contributed by atoms with Gasteiger partial charge in [-0.05, 0) is 49.1 Å². The van der Waals surface area contributed by atoms with Gasteiger partial charge in [0.25, 0.3) is 5.91 Å². The molecule has 0 saturated heterocycles. The van der Waals surface area contributed by atoms with E-state index in [9.17, 15) is 4.79 Å². The Bertz CT molecular complexity index is 469. The van der Waals surface area contributed by atoms with E-state index in [1.165, 1.54) is 0 Å². The third-order valence-corrected chi connectivity index (χ3v) is 2.96. The standard InChI is InChI=1S/C12H15BrN4O/c1-9-8-10(13)4-5-11(9)12(18)15-6-2-3-7-16-17-14/h4-5,8H,2-3,6-7H2,1H3,(H,15,18). The molecule has 1 aromatic carbocycles. The van der Waals surface area contributed by atoms with Crippen molar-refractivity contribution in [3.05, 3.63) is 44.2 Å². The molecule has 0 aromatic heterocycles. The van der Waals surface area contributed by atoms with Crippen molar-refractivity contribution in [2.45, 2.75) is 19.8 Å². The van der Waals surface area contributed by atoms with Crippen molar-refractivity contribution in [2.75, 3.05) is 13.1 Å². The van der Waals surface area contributed by atoms with Crippen molar-refractivity contribution in [3.63, 3.8) is 0 Å². The lowest BCUT2D eigenvalue weighted by Crippen LogP contribution is -2.25. The van der Waals surface area contributed by atoms with E-state index in [2.05, 4.69) is 31.3 Å². The largest absolute Gasteiger partial charge is 0.352 e. The third-order valence-electron chi connectivity index (χ3n) is 2.47. The molecular formula is C12H15BrN4O. The third kappa shape index (κ3) is 4.77. The van der Waals surface area contributed by atoms with Crippen LogP contribution < -0.4 is 5.32 Å². The highest BCUT2D eigenvalue weighted by atomic mass is 79.9. The predicted octanol–water partition coefficient (Wildman–Crippen LogP) is 3.58. The van der Waals surface area contributed by atoms with Gasteiger partial charge >= 0.3 is 0 Å². The number of hydrogen-bond acceptors (Lipinski definition) is 2. The second kappa shape index (κ2) is 7.74. The van der Waals surface area contributed by atoms with Gasteiger partial charge in [0.05, 0.1) is 0 Å². The number of aryl methyl sites for hydroxylation is 1. The molecular weight excluding hydrogens is 296 g/mol. The lowest BCUT2D eigenvalue weighted by Gasteiger charge is -2.07. The molecule has 0 bridgehead atoms. The summed E-state index contributed by atoms with van der Waals surface area (Å²) < 4.78 is 0.964. The summed E-state index contributed by atoms with van der Waals surface area (Å²) in [5.41, 5.74) is 9.73. The highest BCUT2D eigenvalue weighted by Crippen LogP contribution is 2.15. The maximum absolute atomic E-state index is 11.9. The summed E-state index contributed by atoms with van der Waals surface area (Å²) in [7, 11) is 0. The molecule has 5 nitrogen and oxygen atoms in total. The minimum absolute atomic E-state index is 0.0659. The molecule has 6 heteroatoms. The van der Waals surface area contributed by atoms with E-state index in [1.807, 2.05) is 19.1 Å². The van der Waals surface area contributed by atoms with E-state index in [1.54, 1.807) is 6.07 Å². The molecule has 0 spiro atoms. The molecule has 0 radical (unpaired) electrons. The van der Waals surface area contributed by atoms with Crippen LogP contribution in [0.5, 0.6) is 0 Å². The molecule has 0 aliphatic carbocycles. The van der Waals surface area contributed by atoms with Gasteiger partial charge in [-0.15, -0.1) is 0 Å². The second-order valence-electron chi connectivity index (χ2n) is 3.88. The molecule has 1 amide bonds. The zero-order valence-corrected chi connectivity index (χ0v) is 11.8. The first-order chi connectivity index (χ1) is 8.65. The molecule has 0 atom stereocenters. The molecule has 1 rings (SSSR count). The number of carbonyl (C=O) groups excluding carboxylic acids is 1. The molecule has 0 unspecified atom stereocenters. The minimum Gasteiger partial charge on any atom is -0.352 e. The number of unbranched alkanes of at least 4 members (excludes halogenated alkanes) is 1. The predicted molar refractivity (Wildman–Crippen MR) is 74.5 cm³/mol. The Hall–Kier alpha value is -1.52. The number of nitrogens with zero attached hydrogens (tertiary/aromatic N) is 3. The van der Waals surface area contributed by atoms with Crippen molar-refractivity contribution < 1.29 is 4.79 Å². The van der Waals surface area contributed by atoms with Crippen LogP contribution >= 0.6 is 15.9 Å². The van der Waals surface area contributed by atoms with Crippen molar-refractivity contribution in [1.29, 1.82) is 0 Å².